The van der Waals surface area contributed by atoms with Crippen LogP contribution < -0.4 is 16.0 Å². The Morgan fingerprint density at radius 1 is 1.09 bits per heavy atom. The first-order valence-corrected chi connectivity index (χ1v) is 11.6. The number of benzene rings is 1. The fourth-order valence-electron chi connectivity index (χ4n) is 5.43. The Bertz CT molecular complexity index is 1190. The van der Waals surface area contributed by atoms with E-state index in [0.717, 1.165) is 38.3 Å². The number of anilines is 4. The van der Waals surface area contributed by atoms with E-state index in [0.29, 0.717) is 29.2 Å². The number of hydrogen-bond donors (Lipinski definition) is 2. The van der Waals surface area contributed by atoms with Gasteiger partial charge < -0.3 is 20.9 Å². The molecule has 0 spiro atoms. The molecule has 3 aromatic rings. The van der Waals surface area contributed by atoms with Crippen molar-refractivity contribution in [2.75, 3.05) is 49.2 Å². The van der Waals surface area contributed by atoms with Crippen LogP contribution in [-0.4, -0.2) is 62.9 Å². The van der Waals surface area contributed by atoms with Gasteiger partial charge in [-0.2, -0.15) is 9.67 Å². The zero-order valence-electron chi connectivity index (χ0n) is 18.7. The van der Waals surface area contributed by atoms with Crippen LogP contribution in [0.3, 0.4) is 0 Å². The van der Waals surface area contributed by atoms with Crippen LogP contribution in [0.25, 0.3) is 5.95 Å². The molecule has 1 aromatic carbocycles. The van der Waals surface area contributed by atoms with Crippen molar-refractivity contribution >= 4 is 23.3 Å². The Labute approximate surface area is 191 Å². The van der Waals surface area contributed by atoms with Crippen molar-refractivity contribution in [3.05, 3.63) is 41.5 Å². The lowest BCUT2D eigenvalue weighted by atomic mass is 9.98. The molecule has 10 heteroatoms. The smallest absolute Gasteiger partial charge is 0.254 e. The summed E-state index contributed by atoms with van der Waals surface area (Å²) in [5.74, 6) is 1.73. The number of nitrogens with zero attached hydrogens (tertiary/aromatic N) is 7. The fraction of sp³-hybridized carbons (Fsp3) is 0.478. The average molecular weight is 450 g/mol. The average Bonchev–Trinajstić information content (AvgIpc) is 3.47. The van der Waals surface area contributed by atoms with Gasteiger partial charge in [0, 0.05) is 37.4 Å². The molecule has 2 bridgehead atoms. The van der Waals surface area contributed by atoms with Crippen LogP contribution in [0.1, 0.15) is 48.8 Å². The minimum absolute atomic E-state index is 0.186. The maximum Gasteiger partial charge on any atom is 0.254 e. The summed E-state index contributed by atoms with van der Waals surface area (Å²) in [6.07, 6.45) is 6.50. The van der Waals surface area contributed by atoms with E-state index in [1.54, 1.807) is 0 Å². The quantitative estimate of drug-likeness (QED) is 0.627. The zero-order chi connectivity index (χ0) is 22.5. The number of hydrogen-bond acceptors (Lipinski definition) is 8. The summed E-state index contributed by atoms with van der Waals surface area (Å²) in [4.78, 5) is 17.9. The van der Waals surface area contributed by atoms with Crippen LogP contribution >= 0.6 is 0 Å². The number of likely N-dealkylation sites (N-methyl/N-ethyl adjacent to an activating group) is 1. The Balaban J connectivity index is 1.21. The molecule has 2 aliphatic carbocycles. The first-order chi connectivity index (χ1) is 16.0. The normalized spacial score (nSPS) is 22.4. The van der Waals surface area contributed by atoms with E-state index in [1.807, 2.05) is 18.3 Å². The van der Waals surface area contributed by atoms with Crippen molar-refractivity contribution in [1.82, 2.24) is 29.6 Å². The van der Waals surface area contributed by atoms with Gasteiger partial charge in [0.25, 0.3) is 5.95 Å². The maximum atomic E-state index is 14.9. The van der Waals surface area contributed by atoms with Crippen molar-refractivity contribution in [2.45, 2.75) is 37.5 Å². The highest BCUT2D eigenvalue weighted by Crippen LogP contribution is 2.51. The number of fused-ring (bicyclic) bond motifs is 5. The third-order valence-electron chi connectivity index (χ3n) is 7.18. The predicted molar refractivity (Wildman–Crippen MR) is 125 cm³/mol. The van der Waals surface area contributed by atoms with E-state index in [2.05, 4.69) is 37.2 Å². The van der Waals surface area contributed by atoms with Crippen LogP contribution in [0, 0.1) is 5.82 Å². The van der Waals surface area contributed by atoms with Crippen LogP contribution in [0.15, 0.2) is 24.4 Å². The van der Waals surface area contributed by atoms with Gasteiger partial charge in [0.15, 0.2) is 0 Å². The molecule has 1 saturated carbocycles. The van der Waals surface area contributed by atoms with Crippen molar-refractivity contribution < 1.29 is 4.39 Å². The van der Waals surface area contributed by atoms with E-state index in [4.69, 9.17) is 10.7 Å². The molecular weight excluding hydrogens is 421 g/mol. The van der Waals surface area contributed by atoms with Gasteiger partial charge in [-0.15, -0.1) is 5.10 Å². The van der Waals surface area contributed by atoms with Gasteiger partial charge in [-0.05, 0) is 69.0 Å². The SMILES string of the molecule is CN1CCCN(c2ccc(Nc3nc(N)n(-c4ncc5c(n4)C4CCC5C4)n3)cc2F)CC1. The second-order valence-corrected chi connectivity index (χ2v) is 9.36. The van der Waals surface area contributed by atoms with Gasteiger partial charge >= 0.3 is 0 Å². The van der Waals surface area contributed by atoms with Crippen LogP contribution in [-0.2, 0) is 0 Å². The van der Waals surface area contributed by atoms with Gasteiger partial charge in [0.05, 0.1) is 11.4 Å². The lowest BCUT2D eigenvalue weighted by Crippen LogP contribution is -2.29. The molecule has 172 valence electrons. The molecule has 0 radical (unpaired) electrons. The van der Waals surface area contributed by atoms with Crippen molar-refractivity contribution in [1.29, 1.82) is 0 Å². The third kappa shape index (κ3) is 3.68. The molecule has 2 atom stereocenters. The number of nitrogens with two attached hydrogens (primary N) is 1. The Hall–Kier alpha value is -3.27. The number of aromatic nitrogens is 5. The number of halogens is 1. The van der Waals surface area contributed by atoms with E-state index < -0.39 is 0 Å². The molecule has 33 heavy (non-hydrogen) atoms. The second-order valence-electron chi connectivity index (χ2n) is 9.36. The summed E-state index contributed by atoms with van der Waals surface area (Å²) in [6.45, 7) is 3.61. The van der Waals surface area contributed by atoms with Crippen LogP contribution in [0.4, 0.5) is 27.7 Å². The molecule has 3 aliphatic rings. The first-order valence-electron chi connectivity index (χ1n) is 11.6. The number of nitrogen functional groups attached to an aromatic ring is 1. The van der Waals surface area contributed by atoms with E-state index in [9.17, 15) is 4.39 Å². The van der Waals surface area contributed by atoms with Gasteiger partial charge in [-0.25, -0.2) is 14.4 Å². The van der Waals surface area contributed by atoms with Gasteiger partial charge in [0.2, 0.25) is 11.9 Å². The summed E-state index contributed by atoms with van der Waals surface area (Å²) in [6, 6.07) is 5.12. The molecule has 0 amide bonds. The number of rotatable bonds is 4. The lowest BCUT2D eigenvalue weighted by Gasteiger charge is -2.23. The number of nitrogens with one attached hydrogen (secondary N) is 1. The minimum Gasteiger partial charge on any atom is -0.368 e. The molecule has 9 nitrogen and oxygen atoms in total. The lowest BCUT2D eigenvalue weighted by molar-refractivity contribution is 0.360. The Morgan fingerprint density at radius 2 is 1.97 bits per heavy atom. The largest absolute Gasteiger partial charge is 0.368 e. The minimum atomic E-state index is -0.269. The summed E-state index contributed by atoms with van der Waals surface area (Å²) in [7, 11) is 2.10. The van der Waals surface area contributed by atoms with Crippen LogP contribution in [0.5, 0.6) is 0 Å². The van der Waals surface area contributed by atoms with Gasteiger partial charge in [-0.3, -0.25) is 0 Å². The molecule has 2 unspecified atom stereocenters. The fourth-order valence-corrected chi connectivity index (χ4v) is 5.43. The summed E-state index contributed by atoms with van der Waals surface area (Å²) in [5, 5.41) is 7.49. The second kappa shape index (κ2) is 7.95. The molecule has 3 N–H and O–H groups in total. The molecule has 2 fully saturated rings. The summed E-state index contributed by atoms with van der Waals surface area (Å²) < 4.78 is 16.4. The van der Waals surface area contributed by atoms with Gasteiger partial charge in [0.1, 0.15) is 5.82 Å². The van der Waals surface area contributed by atoms with Crippen molar-refractivity contribution in [2.24, 2.45) is 0 Å². The highest BCUT2D eigenvalue weighted by Gasteiger charge is 2.38. The Kier molecular flexibility index (Phi) is 4.90. The molecule has 1 aliphatic heterocycles. The summed E-state index contributed by atoms with van der Waals surface area (Å²) >= 11 is 0. The standard InChI is InChI=1S/C23H28FN9/c1-31-7-2-8-32(10-9-31)19-6-5-16(12-18(19)24)27-22-29-21(25)33(30-22)23-26-13-17-14-3-4-15(11-14)20(17)28-23/h5-6,12-15H,2-4,7-11H2,1H3,(H3,25,27,29,30). The molecule has 2 aromatic heterocycles. The van der Waals surface area contributed by atoms with E-state index in [1.165, 1.54) is 35.6 Å². The van der Waals surface area contributed by atoms with Gasteiger partial charge in [-0.1, -0.05) is 0 Å². The van der Waals surface area contributed by atoms with E-state index >= 15 is 0 Å². The predicted octanol–water partition coefficient (Wildman–Crippen LogP) is 3.03. The zero-order valence-corrected chi connectivity index (χ0v) is 18.7. The van der Waals surface area contributed by atoms with Crippen molar-refractivity contribution in [3.63, 3.8) is 0 Å². The summed E-state index contributed by atoms with van der Waals surface area (Å²) in [5.41, 5.74) is 9.68. The highest BCUT2D eigenvalue weighted by atomic mass is 19.1. The van der Waals surface area contributed by atoms with E-state index in [-0.39, 0.29) is 17.7 Å². The highest BCUT2D eigenvalue weighted by molar-refractivity contribution is 5.61. The molecular formula is C23H28FN9. The molecule has 1 saturated heterocycles. The maximum absolute atomic E-state index is 14.9. The third-order valence-corrected chi connectivity index (χ3v) is 7.18. The topological polar surface area (TPSA) is 101 Å². The molecule has 3 heterocycles. The first kappa shape index (κ1) is 20.3. The Morgan fingerprint density at radius 3 is 2.85 bits per heavy atom. The van der Waals surface area contributed by atoms with Crippen LogP contribution in [0.2, 0.25) is 0 Å². The molecule has 6 rings (SSSR count). The van der Waals surface area contributed by atoms with Crippen molar-refractivity contribution in [3.8, 4) is 5.95 Å². The monoisotopic (exact) mass is 449 g/mol.